The summed E-state index contributed by atoms with van der Waals surface area (Å²) >= 11 is 0. The fourth-order valence-corrected chi connectivity index (χ4v) is 2.57. The third kappa shape index (κ3) is 14.1. The molecule has 0 fully saturated rings. The molecular weight excluding hydrogens is 216 g/mol. The first-order chi connectivity index (χ1) is 8.81. The van der Waals surface area contributed by atoms with Crippen LogP contribution < -0.4 is 0 Å². The lowest BCUT2D eigenvalue weighted by Crippen LogP contribution is -1.95. The average Bonchev–Trinajstić information content (AvgIpc) is 2.37. The van der Waals surface area contributed by atoms with Crippen LogP contribution in [0, 0.1) is 12.8 Å². The highest BCUT2D eigenvalue weighted by atomic mass is 14.1. The van der Waals surface area contributed by atoms with Gasteiger partial charge in [-0.1, -0.05) is 111 Å². The van der Waals surface area contributed by atoms with Crippen LogP contribution >= 0.6 is 0 Å². The van der Waals surface area contributed by atoms with Crippen LogP contribution in [0.4, 0.5) is 0 Å². The lowest BCUT2D eigenvalue weighted by molar-refractivity contribution is 0.463. The highest BCUT2D eigenvalue weighted by molar-refractivity contribution is 4.62. The minimum atomic E-state index is 0.724. The van der Waals surface area contributed by atoms with E-state index in [1.165, 1.54) is 89.9 Å². The van der Waals surface area contributed by atoms with Crippen molar-refractivity contribution < 1.29 is 0 Å². The van der Waals surface area contributed by atoms with Crippen molar-refractivity contribution in [2.24, 2.45) is 5.92 Å². The third-order valence-electron chi connectivity index (χ3n) is 3.93. The van der Waals surface area contributed by atoms with E-state index in [2.05, 4.69) is 20.8 Å². The number of hydrogen-bond acceptors (Lipinski definition) is 0. The Labute approximate surface area is 117 Å². The topological polar surface area (TPSA) is 0 Å². The van der Waals surface area contributed by atoms with Gasteiger partial charge in [0.1, 0.15) is 0 Å². The molecule has 1 unspecified atom stereocenters. The quantitative estimate of drug-likeness (QED) is 0.294. The summed E-state index contributed by atoms with van der Waals surface area (Å²) in [6, 6.07) is 0. The molecule has 0 saturated carbocycles. The molecule has 1 atom stereocenters. The first-order valence-corrected chi connectivity index (χ1v) is 8.64. The predicted octanol–water partition coefficient (Wildman–Crippen LogP) is 6.94. The first-order valence-electron chi connectivity index (χ1n) is 8.64. The van der Waals surface area contributed by atoms with Gasteiger partial charge in [0.15, 0.2) is 0 Å². The highest BCUT2D eigenvalue weighted by Gasteiger charge is 2.01. The summed E-state index contributed by atoms with van der Waals surface area (Å²) in [5, 5.41) is 0. The van der Waals surface area contributed by atoms with Gasteiger partial charge >= 0.3 is 0 Å². The summed E-state index contributed by atoms with van der Waals surface area (Å²) in [7, 11) is 0. The van der Waals surface area contributed by atoms with Crippen LogP contribution in [-0.2, 0) is 0 Å². The van der Waals surface area contributed by atoms with Crippen molar-refractivity contribution in [3.8, 4) is 0 Å². The van der Waals surface area contributed by atoms with Crippen molar-refractivity contribution in [3.05, 3.63) is 6.92 Å². The molecule has 0 saturated heterocycles. The van der Waals surface area contributed by atoms with Crippen molar-refractivity contribution in [2.75, 3.05) is 0 Å². The Bertz CT molecular complexity index is 139. The zero-order valence-electron chi connectivity index (χ0n) is 13.2. The van der Waals surface area contributed by atoms with Gasteiger partial charge in [0, 0.05) is 0 Å². The summed E-state index contributed by atoms with van der Waals surface area (Å²) in [5.74, 6) is 0.724. The molecule has 0 aromatic heterocycles. The van der Waals surface area contributed by atoms with Gasteiger partial charge < -0.3 is 0 Å². The molecule has 0 aromatic carbocycles. The largest absolute Gasteiger partial charge is 0.0654 e. The molecule has 0 heterocycles. The maximum atomic E-state index is 4.30. The summed E-state index contributed by atoms with van der Waals surface area (Å²) in [5.41, 5.74) is 0. The Morgan fingerprint density at radius 1 is 0.556 bits per heavy atom. The molecule has 0 heteroatoms. The van der Waals surface area contributed by atoms with Gasteiger partial charge in [0.25, 0.3) is 0 Å². The SMILES string of the molecule is [CH2]C(CCCCCCC)CCCCCCCCC. The molecule has 18 heavy (non-hydrogen) atoms. The summed E-state index contributed by atoms with van der Waals surface area (Å²) in [4.78, 5) is 0. The molecular formula is C18H37. The van der Waals surface area contributed by atoms with Crippen LogP contribution in [-0.4, -0.2) is 0 Å². The summed E-state index contributed by atoms with van der Waals surface area (Å²) in [6.07, 6.45) is 19.7. The maximum absolute atomic E-state index is 4.30. The van der Waals surface area contributed by atoms with Gasteiger partial charge in [-0.25, -0.2) is 0 Å². The van der Waals surface area contributed by atoms with Crippen molar-refractivity contribution in [1.29, 1.82) is 0 Å². The second kappa shape index (κ2) is 15.1. The van der Waals surface area contributed by atoms with Crippen LogP contribution in [0.25, 0.3) is 0 Å². The Morgan fingerprint density at radius 3 is 1.28 bits per heavy atom. The van der Waals surface area contributed by atoms with Gasteiger partial charge in [-0.2, -0.15) is 0 Å². The second-order valence-corrected chi connectivity index (χ2v) is 5.98. The molecule has 1 radical (unpaired) electrons. The molecule has 0 aliphatic rings. The molecule has 0 aliphatic heterocycles. The average molecular weight is 253 g/mol. The van der Waals surface area contributed by atoms with E-state index in [4.69, 9.17) is 0 Å². The number of rotatable bonds is 14. The molecule has 0 amide bonds. The fourth-order valence-electron chi connectivity index (χ4n) is 2.57. The van der Waals surface area contributed by atoms with E-state index in [9.17, 15) is 0 Å². The Balaban J connectivity index is 3.09. The van der Waals surface area contributed by atoms with Crippen LogP contribution in [0.5, 0.6) is 0 Å². The standard InChI is InChI=1S/C18H37/c1-4-6-8-10-11-13-15-17-18(3)16-14-12-9-7-5-2/h18H,3-17H2,1-2H3. The maximum Gasteiger partial charge on any atom is -0.0414 e. The Morgan fingerprint density at radius 2 is 0.889 bits per heavy atom. The summed E-state index contributed by atoms with van der Waals surface area (Å²) < 4.78 is 0. The highest BCUT2D eigenvalue weighted by Crippen LogP contribution is 2.18. The predicted molar refractivity (Wildman–Crippen MR) is 84.8 cm³/mol. The molecule has 0 aromatic rings. The van der Waals surface area contributed by atoms with Crippen LogP contribution in [0.2, 0.25) is 0 Å². The minimum absolute atomic E-state index is 0.724. The third-order valence-corrected chi connectivity index (χ3v) is 3.93. The Kier molecular flexibility index (Phi) is 15.1. The molecule has 0 nitrogen and oxygen atoms in total. The molecule has 0 rings (SSSR count). The molecule has 0 N–H and O–H groups in total. The van der Waals surface area contributed by atoms with Gasteiger partial charge in [0.05, 0.1) is 0 Å². The smallest absolute Gasteiger partial charge is 0.0414 e. The van der Waals surface area contributed by atoms with Crippen molar-refractivity contribution in [2.45, 2.75) is 104 Å². The molecule has 0 bridgehead atoms. The normalized spacial score (nSPS) is 12.8. The zero-order valence-corrected chi connectivity index (χ0v) is 13.2. The lowest BCUT2D eigenvalue weighted by Gasteiger charge is -2.10. The Hall–Kier alpha value is 0. The second-order valence-electron chi connectivity index (χ2n) is 5.98. The fraction of sp³-hybridized carbons (Fsp3) is 0.944. The van der Waals surface area contributed by atoms with E-state index in [0.29, 0.717) is 0 Å². The van der Waals surface area contributed by atoms with E-state index in [-0.39, 0.29) is 0 Å². The molecule has 0 aliphatic carbocycles. The van der Waals surface area contributed by atoms with E-state index in [0.717, 1.165) is 5.92 Å². The van der Waals surface area contributed by atoms with Crippen LogP contribution in [0.3, 0.4) is 0 Å². The molecule has 109 valence electrons. The van der Waals surface area contributed by atoms with Crippen molar-refractivity contribution in [3.63, 3.8) is 0 Å². The van der Waals surface area contributed by atoms with E-state index in [1.54, 1.807) is 0 Å². The van der Waals surface area contributed by atoms with Crippen LogP contribution in [0.1, 0.15) is 104 Å². The van der Waals surface area contributed by atoms with E-state index >= 15 is 0 Å². The summed E-state index contributed by atoms with van der Waals surface area (Å²) in [6.45, 7) is 8.87. The van der Waals surface area contributed by atoms with Gasteiger partial charge in [-0.15, -0.1) is 0 Å². The lowest BCUT2D eigenvalue weighted by atomic mass is 9.96. The van der Waals surface area contributed by atoms with Gasteiger partial charge in [0.2, 0.25) is 0 Å². The zero-order chi connectivity index (χ0) is 13.5. The van der Waals surface area contributed by atoms with Crippen LogP contribution in [0.15, 0.2) is 0 Å². The number of unbranched alkanes of at least 4 members (excludes halogenated alkanes) is 10. The van der Waals surface area contributed by atoms with Crippen molar-refractivity contribution >= 4 is 0 Å². The van der Waals surface area contributed by atoms with Crippen molar-refractivity contribution in [1.82, 2.24) is 0 Å². The molecule has 0 spiro atoms. The minimum Gasteiger partial charge on any atom is -0.0654 e. The van der Waals surface area contributed by atoms with E-state index in [1.807, 2.05) is 0 Å². The van der Waals surface area contributed by atoms with E-state index < -0.39 is 0 Å². The monoisotopic (exact) mass is 253 g/mol. The van der Waals surface area contributed by atoms with Gasteiger partial charge in [-0.3, -0.25) is 0 Å². The first kappa shape index (κ1) is 18.0. The van der Waals surface area contributed by atoms with Gasteiger partial charge in [-0.05, 0) is 5.92 Å². The number of hydrogen-bond donors (Lipinski definition) is 0.